The molecule has 3 aromatic carbocycles. The molecular weight excluding hydrogens is 354 g/mol. The predicted molar refractivity (Wildman–Crippen MR) is 120 cm³/mol. The molecule has 1 aromatic heterocycles. The van der Waals surface area contributed by atoms with E-state index in [1.165, 1.54) is 16.7 Å². The van der Waals surface area contributed by atoms with Gasteiger partial charge >= 0.3 is 0 Å². The molecule has 0 saturated heterocycles. The fraction of sp³-hybridized carbons (Fsp3) is 0.192. The Hall–Kier alpha value is -3.33. The first kappa shape index (κ1) is 19.0. The van der Waals surface area contributed by atoms with Crippen molar-refractivity contribution in [1.82, 2.24) is 15.0 Å². The van der Waals surface area contributed by atoms with Crippen LogP contribution in [0, 0.1) is 6.92 Å². The molecule has 144 valence electrons. The summed E-state index contributed by atoms with van der Waals surface area (Å²) >= 11 is 0. The highest BCUT2D eigenvalue weighted by atomic mass is 15.0. The van der Waals surface area contributed by atoms with Gasteiger partial charge in [-0.15, -0.1) is 0 Å². The minimum Gasteiger partial charge on any atom is -0.208 e. The lowest BCUT2D eigenvalue weighted by atomic mass is 10.1. The second-order valence-electron chi connectivity index (χ2n) is 7.27. The summed E-state index contributed by atoms with van der Waals surface area (Å²) in [4.78, 5) is 14.4. The van der Waals surface area contributed by atoms with Crippen LogP contribution in [0.15, 0.2) is 72.8 Å². The Morgan fingerprint density at radius 3 is 1.10 bits per heavy atom. The molecule has 3 nitrogen and oxygen atoms in total. The molecule has 0 amide bonds. The third-order valence-corrected chi connectivity index (χ3v) is 5.19. The van der Waals surface area contributed by atoms with Crippen LogP contribution in [0.3, 0.4) is 0 Å². The first-order chi connectivity index (χ1) is 14.2. The summed E-state index contributed by atoms with van der Waals surface area (Å²) < 4.78 is 0. The van der Waals surface area contributed by atoms with Gasteiger partial charge in [0.05, 0.1) is 0 Å². The average Bonchev–Trinajstić information content (AvgIpc) is 2.79. The van der Waals surface area contributed by atoms with Gasteiger partial charge < -0.3 is 0 Å². The van der Waals surface area contributed by atoms with E-state index in [0.29, 0.717) is 17.5 Å². The van der Waals surface area contributed by atoms with Gasteiger partial charge in [-0.1, -0.05) is 92.2 Å². The van der Waals surface area contributed by atoms with E-state index in [0.717, 1.165) is 29.5 Å². The standard InChI is InChI=1S/C26H25N3/c1-4-19-8-14-22(15-9-19)25-27-24(21-12-6-18(3)7-13-21)28-26(29-25)23-16-10-20(5-2)11-17-23/h6-17H,4-5H2,1-3H3. The van der Waals surface area contributed by atoms with Crippen LogP contribution in [0.25, 0.3) is 34.2 Å². The molecule has 0 saturated carbocycles. The Morgan fingerprint density at radius 2 is 0.793 bits per heavy atom. The summed E-state index contributed by atoms with van der Waals surface area (Å²) in [5.74, 6) is 2.10. The summed E-state index contributed by atoms with van der Waals surface area (Å²) in [6.45, 7) is 6.40. The second kappa shape index (κ2) is 8.36. The molecule has 4 rings (SSSR count). The largest absolute Gasteiger partial charge is 0.208 e. The van der Waals surface area contributed by atoms with E-state index in [1.54, 1.807) is 0 Å². The van der Waals surface area contributed by atoms with Crippen molar-refractivity contribution in [2.24, 2.45) is 0 Å². The van der Waals surface area contributed by atoms with Crippen LogP contribution in [0.5, 0.6) is 0 Å². The van der Waals surface area contributed by atoms with Gasteiger partial charge in [-0.3, -0.25) is 0 Å². The van der Waals surface area contributed by atoms with E-state index in [1.807, 2.05) is 0 Å². The Bertz CT molecular complexity index is 1030. The van der Waals surface area contributed by atoms with Crippen LogP contribution in [0.4, 0.5) is 0 Å². The van der Waals surface area contributed by atoms with Gasteiger partial charge in [0.25, 0.3) is 0 Å². The number of rotatable bonds is 5. The number of nitrogens with zero attached hydrogens (tertiary/aromatic N) is 3. The molecule has 0 aliphatic rings. The highest BCUT2D eigenvalue weighted by molar-refractivity contribution is 5.66. The van der Waals surface area contributed by atoms with E-state index < -0.39 is 0 Å². The van der Waals surface area contributed by atoms with Crippen molar-refractivity contribution in [2.45, 2.75) is 33.6 Å². The van der Waals surface area contributed by atoms with E-state index in [2.05, 4.69) is 93.6 Å². The van der Waals surface area contributed by atoms with Crippen LogP contribution in [0.1, 0.15) is 30.5 Å². The van der Waals surface area contributed by atoms with Crippen molar-refractivity contribution in [3.8, 4) is 34.2 Å². The van der Waals surface area contributed by atoms with Gasteiger partial charge in [0, 0.05) is 16.7 Å². The van der Waals surface area contributed by atoms with Crippen LogP contribution < -0.4 is 0 Å². The Morgan fingerprint density at radius 1 is 0.483 bits per heavy atom. The monoisotopic (exact) mass is 379 g/mol. The molecule has 0 radical (unpaired) electrons. The zero-order valence-electron chi connectivity index (χ0n) is 17.2. The predicted octanol–water partition coefficient (Wildman–Crippen LogP) is 6.31. The van der Waals surface area contributed by atoms with Crippen molar-refractivity contribution in [2.75, 3.05) is 0 Å². The molecular formula is C26H25N3. The molecule has 29 heavy (non-hydrogen) atoms. The number of benzene rings is 3. The normalized spacial score (nSPS) is 10.9. The van der Waals surface area contributed by atoms with E-state index in [9.17, 15) is 0 Å². The molecule has 3 heteroatoms. The van der Waals surface area contributed by atoms with Crippen molar-refractivity contribution in [3.05, 3.63) is 89.5 Å². The van der Waals surface area contributed by atoms with Gasteiger partial charge in [-0.25, -0.2) is 15.0 Å². The zero-order chi connectivity index (χ0) is 20.2. The van der Waals surface area contributed by atoms with Gasteiger partial charge in [-0.05, 0) is 30.9 Å². The molecule has 0 spiro atoms. The fourth-order valence-electron chi connectivity index (χ4n) is 3.24. The van der Waals surface area contributed by atoms with Crippen LogP contribution in [-0.4, -0.2) is 15.0 Å². The highest BCUT2D eigenvalue weighted by Gasteiger charge is 2.12. The quantitative estimate of drug-likeness (QED) is 0.408. The lowest BCUT2D eigenvalue weighted by Crippen LogP contribution is -2.00. The van der Waals surface area contributed by atoms with Gasteiger partial charge in [-0.2, -0.15) is 0 Å². The fourth-order valence-corrected chi connectivity index (χ4v) is 3.24. The van der Waals surface area contributed by atoms with Crippen molar-refractivity contribution < 1.29 is 0 Å². The third-order valence-electron chi connectivity index (χ3n) is 5.19. The van der Waals surface area contributed by atoms with Gasteiger partial charge in [0.15, 0.2) is 17.5 Å². The first-order valence-corrected chi connectivity index (χ1v) is 10.2. The molecule has 0 aliphatic carbocycles. The molecule has 0 bridgehead atoms. The van der Waals surface area contributed by atoms with E-state index in [4.69, 9.17) is 15.0 Å². The van der Waals surface area contributed by atoms with Crippen molar-refractivity contribution >= 4 is 0 Å². The average molecular weight is 380 g/mol. The highest BCUT2D eigenvalue weighted by Crippen LogP contribution is 2.25. The minimum atomic E-state index is 0.698. The van der Waals surface area contributed by atoms with Crippen molar-refractivity contribution in [3.63, 3.8) is 0 Å². The lowest BCUT2D eigenvalue weighted by molar-refractivity contribution is 1.07. The first-order valence-electron chi connectivity index (χ1n) is 10.2. The van der Waals surface area contributed by atoms with Crippen molar-refractivity contribution in [1.29, 1.82) is 0 Å². The smallest absolute Gasteiger partial charge is 0.164 e. The van der Waals surface area contributed by atoms with E-state index in [-0.39, 0.29) is 0 Å². The Kier molecular flexibility index (Phi) is 5.48. The summed E-state index contributed by atoms with van der Waals surface area (Å²) in [5.41, 5.74) is 6.83. The maximum atomic E-state index is 4.81. The van der Waals surface area contributed by atoms with Gasteiger partial charge in [0.2, 0.25) is 0 Å². The number of hydrogen-bond acceptors (Lipinski definition) is 3. The lowest BCUT2D eigenvalue weighted by Gasteiger charge is -2.09. The maximum absolute atomic E-state index is 4.81. The van der Waals surface area contributed by atoms with E-state index >= 15 is 0 Å². The third kappa shape index (κ3) is 4.24. The minimum absolute atomic E-state index is 0.698. The molecule has 0 atom stereocenters. The molecule has 0 aliphatic heterocycles. The Labute approximate surface area is 172 Å². The van der Waals surface area contributed by atoms with Crippen LogP contribution in [-0.2, 0) is 12.8 Å². The summed E-state index contributed by atoms with van der Waals surface area (Å²) in [6, 6.07) is 25.2. The SMILES string of the molecule is CCc1ccc(-c2nc(-c3ccc(C)cc3)nc(-c3ccc(CC)cc3)n2)cc1. The zero-order valence-corrected chi connectivity index (χ0v) is 17.2. The topological polar surface area (TPSA) is 38.7 Å². The van der Waals surface area contributed by atoms with Gasteiger partial charge in [0.1, 0.15) is 0 Å². The molecule has 0 unspecified atom stereocenters. The van der Waals surface area contributed by atoms with Crippen LogP contribution >= 0.6 is 0 Å². The molecule has 0 N–H and O–H groups in total. The molecule has 4 aromatic rings. The number of aromatic nitrogens is 3. The van der Waals surface area contributed by atoms with Crippen LogP contribution in [0.2, 0.25) is 0 Å². The molecule has 0 fully saturated rings. The number of aryl methyl sites for hydroxylation is 3. The Balaban J connectivity index is 1.84. The number of hydrogen-bond donors (Lipinski definition) is 0. The molecule has 1 heterocycles. The summed E-state index contributed by atoms with van der Waals surface area (Å²) in [6.07, 6.45) is 2.03. The second-order valence-corrected chi connectivity index (χ2v) is 7.27. The summed E-state index contributed by atoms with van der Waals surface area (Å²) in [7, 11) is 0. The maximum Gasteiger partial charge on any atom is 0.164 e. The summed E-state index contributed by atoms with van der Waals surface area (Å²) in [5, 5.41) is 0.